The average molecular weight is 633 g/mol. The van der Waals surface area contributed by atoms with Crippen LogP contribution in [0.3, 0.4) is 0 Å². The Bertz CT molecular complexity index is 1630. The first-order valence-electron chi connectivity index (χ1n) is 14.2. The van der Waals surface area contributed by atoms with Crippen LogP contribution in [-0.4, -0.2) is 62.2 Å². The Morgan fingerprint density at radius 3 is 2.56 bits per heavy atom. The smallest absolute Gasteiger partial charge is 0.423 e. The number of benzene rings is 1. The normalized spacial score (nSPS) is 17.7. The molecule has 0 aliphatic carbocycles. The van der Waals surface area contributed by atoms with Gasteiger partial charge in [-0.2, -0.15) is 23.3 Å². The summed E-state index contributed by atoms with van der Waals surface area (Å²) in [6.45, 7) is 4.05. The van der Waals surface area contributed by atoms with Crippen molar-refractivity contribution >= 4 is 11.6 Å². The second kappa shape index (κ2) is 13.6. The van der Waals surface area contributed by atoms with Crippen LogP contribution in [0.15, 0.2) is 52.2 Å². The fourth-order valence-electron chi connectivity index (χ4n) is 5.17. The van der Waals surface area contributed by atoms with Crippen LogP contribution >= 0.6 is 0 Å². The van der Waals surface area contributed by atoms with Crippen molar-refractivity contribution in [3.05, 3.63) is 81.9 Å². The Balaban J connectivity index is 1.15. The fraction of sp³-hybridized carbons (Fsp3) is 0.448. The SMILES string of the molecule is COc1ccc(Cn2ncc(NC(C)COCc3nc(C4CCN(c5ncc(F)cn5)C(C)C4)no3)c(C(F)(F)F)c2=O)cc1. The molecule has 1 aliphatic rings. The van der Waals surface area contributed by atoms with Gasteiger partial charge in [0.1, 0.15) is 17.9 Å². The van der Waals surface area contributed by atoms with Crippen LogP contribution in [0.2, 0.25) is 0 Å². The first-order chi connectivity index (χ1) is 21.5. The predicted molar refractivity (Wildman–Crippen MR) is 153 cm³/mol. The Hall–Kier alpha value is -4.60. The zero-order valence-electron chi connectivity index (χ0n) is 24.8. The topological polar surface area (TPSA) is 133 Å². The molecule has 5 rings (SSSR count). The predicted octanol–water partition coefficient (Wildman–Crippen LogP) is 4.42. The lowest BCUT2D eigenvalue weighted by atomic mass is 9.91. The van der Waals surface area contributed by atoms with E-state index in [1.807, 2.05) is 11.8 Å². The van der Waals surface area contributed by atoms with Gasteiger partial charge in [-0.05, 0) is 44.4 Å². The van der Waals surface area contributed by atoms with E-state index in [1.165, 1.54) is 7.11 Å². The first kappa shape index (κ1) is 31.8. The molecule has 0 saturated carbocycles. The second-order valence-electron chi connectivity index (χ2n) is 10.8. The number of alkyl halides is 3. The molecule has 0 bridgehead atoms. The lowest BCUT2D eigenvalue weighted by Crippen LogP contribution is -2.41. The van der Waals surface area contributed by atoms with Crippen LogP contribution in [0.4, 0.5) is 29.2 Å². The Labute approximate surface area is 255 Å². The summed E-state index contributed by atoms with van der Waals surface area (Å²) in [5, 5.41) is 10.7. The van der Waals surface area contributed by atoms with Gasteiger partial charge in [0.2, 0.25) is 5.95 Å². The largest absolute Gasteiger partial charge is 0.497 e. The van der Waals surface area contributed by atoms with Crippen molar-refractivity contribution in [1.82, 2.24) is 29.9 Å². The summed E-state index contributed by atoms with van der Waals surface area (Å²) in [4.78, 5) is 27.4. The highest BCUT2D eigenvalue weighted by Crippen LogP contribution is 2.33. The van der Waals surface area contributed by atoms with E-state index in [4.69, 9.17) is 14.0 Å². The van der Waals surface area contributed by atoms with Gasteiger partial charge in [-0.3, -0.25) is 4.79 Å². The molecule has 45 heavy (non-hydrogen) atoms. The minimum atomic E-state index is -4.91. The molecule has 1 fully saturated rings. The van der Waals surface area contributed by atoms with E-state index < -0.39 is 34.8 Å². The maximum Gasteiger partial charge on any atom is 0.423 e. The van der Waals surface area contributed by atoms with Crippen LogP contribution in [0.5, 0.6) is 5.75 Å². The van der Waals surface area contributed by atoms with Gasteiger partial charge in [0, 0.05) is 24.5 Å². The van der Waals surface area contributed by atoms with Crippen molar-refractivity contribution in [1.29, 1.82) is 0 Å². The molecule has 4 heterocycles. The highest BCUT2D eigenvalue weighted by molar-refractivity contribution is 5.50. The molecule has 1 N–H and O–H groups in total. The fourth-order valence-corrected chi connectivity index (χ4v) is 5.17. The zero-order valence-corrected chi connectivity index (χ0v) is 24.8. The third-order valence-electron chi connectivity index (χ3n) is 7.40. The molecule has 1 saturated heterocycles. The van der Waals surface area contributed by atoms with Crippen LogP contribution in [0.25, 0.3) is 0 Å². The highest BCUT2D eigenvalue weighted by atomic mass is 19.4. The average Bonchev–Trinajstić information content (AvgIpc) is 3.48. The van der Waals surface area contributed by atoms with Crippen LogP contribution in [0, 0.1) is 5.82 Å². The lowest BCUT2D eigenvalue weighted by molar-refractivity contribution is -0.138. The van der Waals surface area contributed by atoms with Crippen molar-refractivity contribution in [2.24, 2.45) is 0 Å². The minimum absolute atomic E-state index is 0.0168. The number of hydrogen-bond acceptors (Lipinski definition) is 11. The Kier molecular flexibility index (Phi) is 9.60. The molecule has 0 radical (unpaired) electrons. The van der Waals surface area contributed by atoms with Crippen molar-refractivity contribution in [2.45, 2.75) is 64.0 Å². The molecule has 1 aliphatic heterocycles. The van der Waals surface area contributed by atoms with E-state index in [1.54, 1.807) is 31.2 Å². The summed E-state index contributed by atoms with van der Waals surface area (Å²) in [7, 11) is 1.50. The molecule has 3 atom stereocenters. The number of nitrogens with one attached hydrogen (secondary N) is 1. The van der Waals surface area contributed by atoms with Gasteiger partial charge < -0.3 is 24.2 Å². The summed E-state index contributed by atoms with van der Waals surface area (Å²) in [5.74, 6) is 1.32. The molecule has 12 nitrogen and oxygen atoms in total. The number of piperidine rings is 1. The summed E-state index contributed by atoms with van der Waals surface area (Å²) < 4.78 is 71.9. The zero-order chi connectivity index (χ0) is 32.1. The third-order valence-corrected chi connectivity index (χ3v) is 7.40. The van der Waals surface area contributed by atoms with Gasteiger partial charge in [0.25, 0.3) is 11.4 Å². The summed E-state index contributed by atoms with van der Waals surface area (Å²) in [6, 6.07) is 6.02. The second-order valence-corrected chi connectivity index (χ2v) is 10.8. The van der Waals surface area contributed by atoms with Gasteiger partial charge in [0.15, 0.2) is 11.6 Å². The van der Waals surface area contributed by atoms with Gasteiger partial charge in [-0.25, -0.2) is 19.0 Å². The Morgan fingerprint density at radius 1 is 1.16 bits per heavy atom. The van der Waals surface area contributed by atoms with E-state index in [2.05, 4.69) is 30.5 Å². The quantitative estimate of drug-likeness (QED) is 0.236. The van der Waals surface area contributed by atoms with Gasteiger partial charge in [0.05, 0.1) is 44.5 Å². The molecular weight excluding hydrogens is 600 g/mol. The van der Waals surface area contributed by atoms with Gasteiger partial charge in [-0.15, -0.1) is 0 Å². The molecule has 3 aromatic heterocycles. The molecular formula is C29H32F4N8O4. The van der Waals surface area contributed by atoms with Crippen molar-refractivity contribution in [3.8, 4) is 5.75 Å². The minimum Gasteiger partial charge on any atom is -0.497 e. The van der Waals surface area contributed by atoms with E-state index in [9.17, 15) is 22.4 Å². The Morgan fingerprint density at radius 2 is 1.89 bits per heavy atom. The number of rotatable bonds is 11. The molecule has 4 aromatic rings. The van der Waals surface area contributed by atoms with E-state index in [-0.39, 0.29) is 37.6 Å². The first-order valence-corrected chi connectivity index (χ1v) is 14.2. The monoisotopic (exact) mass is 632 g/mol. The summed E-state index contributed by atoms with van der Waals surface area (Å²) >= 11 is 0. The highest BCUT2D eigenvalue weighted by Gasteiger charge is 2.38. The van der Waals surface area contributed by atoms with Gasteiger partial charge in [-0.1, -0.05) is 17.3 Å². The number of hydrogen-bond donors (Lipinski definition) is 1. The van der Waals surface area contributed by atoms with Gasteiger partial charge >= 0.3 is 6.18 Å². The molecule has 1 aromatic carbocycles. The number of nitrogens with zero attached hydrogens (tertiary/aromatic N) is 7. The summed E-state index contributed by atoms with van der Waals surface area (Å²) in [5.41, 5.74) is -2.46. The summed E-state index contributed by atoms with van der Waals surface area (Å²) in [6.07, 6.45) is -0.240. The number of anilines is 2. The van der Waals surface area contributed by atoms with Crippen LogP contribution < -0.4 is 20.5 Å². The molecule has 16 heteroatoms. The van der Waals surface area contributed by atoms with Crippen molar-refractivity contribution in [2.75, 3.05) is 30.5 Å². The number of ether oxygens (including phenoxy) is 2. The molecule has 240 valence electrons. The van der Waals surface area contributed by atoms with E-state index >= 15 is 0 Å². The van der Waals surface area contributed by atoms with E-state index in [0.29, 0.717) is 42.5 Å². The van der Waals surface area contributed by atoms with Crippen LogP contribution in [0.1, 0.15) is 55.4 Å². The van der Waals surface area contributed by atoms with E-state index in [0.717, 1.165) is 23.3 Å². The molecule has 3 unspecified atom stereocenters. The number of aromatic nitrogens is 6. The van der Waals surface area contributed by atoms with Crippen molar-refractivity contribution < 1.29 is 31.6 Å². The van der Waals surface area contributed by atoms with Crippen molar-refractivity contribution in [3.63, 3.8) is 0 Å². The third kappa shape index (κ3) is 7.74. The maximum atomic E-state index is 14.0. The number of methoxy groups -OCH3 is 1. The molecule has 0 amide bonds. The number of halogens is 4. The van der Waals surface area contributed by atoms with Crippen LogP contribution in [-0.2, 0) is 24.1 Å². The maximum absolute atomic E-state index is 14.0. The molecule has 0 spiro atoms. The lowest BCUT2D eigenvalue weighted by Gasteiger charge is -2.36. The standard InChI is InChI=1S/C29H32F4N8O4/c1-17(37-23-13-36-41(27(42)25(23)29(31,32)33)14-19-4-6-22(43-3)7-5-19)15-44-16-24-38-26(39-45-24)20-8-9-40(18(2)10-20)28-34-11-21(30)12-35-28/h4-7,11-13,17-18,20,37H,8-10,14-16H2,1-3H3.